The molecule has 1 amide bonds. The van der Waals surface area contributed by atoms with E-state index in [-0.39, 0.29) is 17.3 Å². The molecule has 5 rings (SSSR count). The maximum atomic E-state index is 14.2. The normalized spacial score (nSPS) is 13.8. The first-order valence-corrected chi connectivity index (χ1v) is 13.4. The summed E-state index contributed by atoms with van der Waals surface area (Å²) in [6.45, 7) is 5.88. The van der Waals surface area contributed by atoms with Crippen LogP contribution in [0.4, 0.5) is 10.2 Å². The largest absolute Gasteiger partial charge is 0.492 e. The van der Waals surface area contributed by atoms with Crippen LogP contribution in [0.2, 0.25) is 5.02 Å². The van der Waals surface area contributed by atoms with Crippen LogP contribution in [-0.4, -0.2) is 57.2 Å². The monoisotopic (exact) mass is 548 g/mol. The lowest BCUT2D eigenvalue weighted by atomic mass is 10.0. The van der Waals surface area contributed by atoms with E-state index in [1.165, 1.54) is 25.3 Å². The van der Waals surface area contributed by atoms with Crippen molar-refractivity contribution in [3.8, 4) is 16.9 Å². The lowest BCUT2D eigenvalue weighted by Gasteiger charge is -2.26. The van der Waals surface area contributed by atoms with Gasteiger partial charge < -0.3 is 10.1 Å². The van der Waals surface area contributed by atoms with Crippen molar-refractivity contribution in [2.75, 3.05) is 31.6 Å². The third-order valence-electron chi connectivity index (χ3n) is 6.77. The fourth-order valence-electron chi connectivity index (χ4n) is 4.66. The number of aromatic nitrogens is 4. The Bertz CT molecular complexity index is 1450. The van der Waals surface area contributed by atoms with Crippen LogP contribution in [0.25, 0.3) is 11.1 Å². The third kappa shape index (κ3) is 6.79. The van der Waals surface area contributed by atoms with Crippen molar-refractivity contribution in [2.24, 2.45) is 0 Å². The van der Waals surface area contributed by atoms with Crippen LogP contribution < -0.4 is 10.1 Å². The summed E-state index contributed by atoms with van der Waals surface area (Å²) in [4.78, 5) is 23.7. The van der Waals surface area contributed by atoms with Crippen molar-refractivity contribution in [3.05, 3.63) is 88.3 Å². The molecule has 4 aromatic rings. The molecular weight excluding hydrogens is 519 g/mol. The van der Waals surface area contributed by atoms with E-state index < -0.39 is 11.7 Å². The first-order chi connectivity index (χ1) is 19.0. The number of aryl methyl sites for hydroxylation is 1. The van der Waals surface area contributed by atoms with Crippen molar-refractivity contribution >= 4 is 23.3 Å². The quantitative estimate of drug-likeness (QED) is 0.279. The Labute approximate surface area is 231 Å². The molecule has 0 bridgehead atoms. The van der Waals surface area contributed by atoms with Crippen molar-refractivity contribution < 1.29 is 13.9 Å². The number of ether oxygens (including phenoxy) is 1. The Balaban J connectivity index is 1.23. The van der Waals surface area contributed by atoms with Gasteiger partial charge in [0.2, 0.25) is 5.82 Å². The highest BCUT2D eigenvalue weighted by atomic mass is 35.5. The second-order valence-corrected chi connectivity index (χ2v) is 10.0. The summed E-state index contributed by atoms with van der Waals surface area (Å²) in [6, 6.07) is 14.5. The molecule has 1 saturated heterocycles. The number of likely N-dealkylation sites (tertiary alicyclic amines) is 1. The van der Waals surface area contributed by atoms with Gasteiger partial charge in [-0.05, 0) is 85.4 Å². The zero-order chi connectivity index (χ0) is 27.2. The minimum Gasteiger partial charge on any atom is -0.492 e. The molecule has 0 spiro atoms. The number of rotatable bonds is 9. The number of piperidine rings is 1. The zero-order valence-electron chi connectivity index (χ0n) is 21.7. The average Bonchev–Trinajstić information content (AvgIpc) is 3.42. The molecular formula is C29H30ClFN6O2. The maximum absolute atomic E-state index is 14.2. The number of nitrogens with one attached hydrogen (secondary N) is 2. The van der Waals surface area contributed by atoms with Gasteiger partial charge in [-0.2, -0.15) is 0 Å². The number of H-pyrrole nitrogens is 1. The van der Waals surface area contributed by atoms with Crippen LogP contribution >= 0.6 is 11.6 Å². The summed E-state index contributed by atoms with van der Waals surface area (Å²) >= 11 is 5.85. The second-order valence-electron chi connectivity index (χ2n) is 9.61. The number of benzene rings is 2. The number of anilines is 1. The molecule has 0 radical (unpaired) electrons. The van der Waals surface area contributed by atoms with Gasteiger partial charge in [0.1, 0.15) is 29.8 Å². The molecule has 8 nitrogen and oxygen atoms in total. The number of carbonyl (C=O) groups excluding carboxylic acids is 1. The predicted octanol–water partition coefficient (Wildman–Crippen LogP) is 5.68. The minimum atomic E-state index is -0.528. The first-order valence-electron chi connectivity index (χ1n) is 13.0. The van der Waals surface area contributed by atoms with E-state index in [0.717, 1.165) is 42.1 Å². The molecule has 0 unspecified atom stereocenters. The van der Waals surface area contributed by atoms with Gasteiger partial charge in [-0.25, -0.2) is 14.4 Å². The third-order valence-corrected chi connectivity index (χ3v) is 7.06. The van der Waals surface area contributed by atoms with Gasteiger partial charge >= 0.3 is 0 Å². The maximum Gasteiger partial charge on any atom is 0.296 e. The number of amides is 1. The number of hydrogen-bond acceptors (Lipinski definition) is 6. The summed E-state index contributed by atoms with van der Waals surface area (Å²) in [7, 11) is 0. The zero-order valence-corrected chi connectivity index (χ0v) is 22.5. The fraction of sp³-hybridized carbons (Fsp3) is 0.310. The molecule has 1 fully saturated rings. The molecule has 2 N–H and O–H groups in total. The van der Waals surface area contributed by atoms with Crippen LogP contribution in [0.5, 0.6) is 5.75 Å². The van der Waals surface area contributed by atoms with Gasteiger partial charge in [0.15, 0.2) is 0 Å². The summed E-state index contributed by atoms with van der Waals surface area (Å²) < 4.78 is 20.3. The molecule has 202 valence electrons. The molecule has 1 aliphatic rings. The van der Waals surface area contributed by atoms with Gasteiger partial charge in [-0.15, -0.1) is 5.10 Å². The summed E-state index contributed by atoms with van der Waals surface area (Å²) in [6.07, 6.45) is 5.60. The summed E-state index contributed by atoms with van der Waals surface area (Å²) in [5, 5.41) is 9.44. The Morgan fingerprint density at radius 2 is 2.00 bits per heavy atom. The number of hydrogen-bond donors (Lipinski definition) is 2. The molecule has 0 saturated carbocycles. The SMILES string of the molecule is Cc1ccc(OCCN2CCCCC2)cc1-c1ccnc(NC(=O)c2n[nH]c(Cc3cccc(Cl)c3F)n2)c1. The fourth-order valence-corrected chi connectivity index (χ4v) is 4.85. The van der Waals surface area contributed by atoms with Crippen molar-refractivity contribution in [1.29, 1.82) is 0 Å². The lowest BCUT2D eigenvalue weighted by Crippen LogP contribution is -2.33. The Morgan fingerprint density at radius 1 is 1.15 bits per heavy atom. The van der Waals surface area contributed by atoms with Crippen molar-refractivity contribution in [3.63, 3.8) is 0 Å². The Hall–Kier alpha value is -3.82. The molecule has 0 aliphatic carbocycles. The van der Waals surface area contributed by atoms with Gasteiger partial charge in [0.05, 0.1) is 5.02 Å². The highest BCUT2D eigenvalue weighted by molar-refractivity contribution is 6.30. The highest BCUT2D eigenvalue weighted by Crippen LogP contribution is 2.29. The molecule has 1 aliphatic heterocycles. The first kappa shape index (κ1) is 26.8. The topological polar surface area (TPSA) is 96.0 Å². The van der Waals surface area contributed by atoms with E-state index in [9.17, 15) is 9.18 Å². The van der Waals surface area contributed by atoms with Crippen LogP contribution in [-0.2, 0) is 6.42 Å². The Morgan fingerprint density at radius 3 is 2.85 bits per heavy atom. The molecule has 2 aromatic heterocycles. The van der Waals surface area contributed by atoms with E-state index in [4.69, 9.17) is 16.3 Å². The Kier molecular flexibility index (Phi) is 8.48. The number of carbonyl (C=O) groups is 1. The van der Waals surface area contributed by atoms with Crippen molar-refractivity contribution in [1.82, 2.24) is 25.1 Å². The van der Waals surface area contributed by atoms with Gasteiger partial charge in [0, 0.05) is 19.2 Å². The molecule has 10 heteroatoms. The summed E-state index contributed by atoms with van der Waals surface area (Å²) in [5.74, 6) is 0.394. The van der Waals surface area contributed by atoms with Crippen LogP contribution in [0.3, 0.4) is 0 Å². The molecule has 39 heavy (non-hydrogen) atoms. The van der Waals surface area contributed by atoms with Crippen LogP contribution in [0, 0.1) is 12.7 Å². The van der Waals surface area contributed by atoms with E-state index in [0.29, 0.717) is 23.8 Å². The van der Waals surface area contributed by atoms with Gasteiger partial charge in [-0.3, -0.25) is 14.8 Å². The average molecular weight is 549 g/mol. The van der Waals surface area contributed by atoms with E-state index in [1.54, 1.807) is 24.4 Å². The van der Waals surface area contributed by atoms with Crippen molar-refractivity contribution in [2.45, 2.75) is 32.6 Å². The number of halogens is 2. The van der Waals surface area contributed by atoms with Gasteiger partial charge in [-0.1, -0.05) is 36.2 Å². The summed E-state index contributed by atoms with van der Waals surface area (Å²) in [5.41, 5.74) is 3.32. The van der Waals surface area contributed by atoms with E-state index in [1.807, 2.05) is 31.2 Å². The lowest BCUT2D eigenvalue weighted by molar-refractivity contribution is 0.101. The standard InChI is InChI=1S/C29H30ClFN6O2/c1-19-8-9-22(39-15-14-37-12-3-2-4-13-37)18-23(19)20-10-11-32-25(16-20)34-29(38)28-33-26(35-36-28)17-21-6-5-7-24(30)27(21)31/h5-11,16,18H,2-4,12-15,17H2,1H3,(H,32,34,38)(H,33,35,36). The highest BCUT2D eigenvalue weighted by Gasteiger charge is 2.16. The molecule has 3 heterocycles. The second kappa shape index (κ2) is 12.4. The number of aromatic amines is 1. The van der Waals surface area contributed by atoms with Gasteiger partial charge in [0.25, 0.3) is 5.91 Å². The van der Waals surface area contributed by atoms with E-state index >= 15 is 0 Å². The predicted molar refractivity (Wildman–Crippen MR) is 149 cm³/mol. The number of nitrogens with zero attached hydrogens (tertiary/aromatic N) is 4. The minimum absolute atomic E-state index is 0.0284. The smallest absolute Gasteiger partial charge is 0.296 e. The van der Waals surface area contributed by atoms with E-state index in [2.05, 4.69) is 30.4 Å². The molecule has 0 atom stereocenters. The number of pyridine rings is 1. The van der Waals surface area contributed by atoms with Crippen LogP contribution in [0.1, 0.15) is 46.8 Å². The molecule has 2 aromatic carbocycles. The van der Waals surface area contributed by atoms with Crippen LogP contribution in [0.15, 0.2) is 54.7 Å².